The van der Waals surface area contributed by atoms with E-state index in [1.165, 1.54) is 6.07 Å². The quantitative estimate of drug-likeness (QED) is 0.723. The van der Waals surface area contributed by atoms with Crippen LogP contribution in [-0.2, 0) is 6.42 Å². The Morgan fingerprint density at radius 2 is 2.17 bits per heavy atom. The van der Waals surface area contributed by atoms with E-state index in [2.05, 4.69) is 15.3 Å². The molecule has 18 heavy (non-hydrogen) atoms. The lowest BCUT2D eigenvalue weighted by Gasteiger charge is -2.09. The maximum atomic E-state index is 11.4. The fourth-order valence-electron chi connectivity index (χ4n) is 1.63. The molecule has 0 fully saturated rings. The average molecular weight is 245 g/mol. The molecule has 2 rings (SSSR count). The third-order valence-corrected chi connectivity index (χ3v) is 2.56. The Morgan fingerprint density at radius 3 is 2.89 bits per heavy atom. The first-order valence-electron chi connectivity index (χ1n) is 5.75. The molecule has 0 bridgehead atoms. The number of anilines is 2. The van der Waals surface area contributed by atoms with Crippen LogP contribution in [0.4, 0.5) is 11.6 Å². The van der Waals surface area contributed by atoms with E-state index in [9.17, 15) is 9.90 Å². The lowest BCUT2D eigenvalue weighted by atomic mass is 10.2. The molecule has 1 aromatic carbocycles. The number of aromatic amines is 1. The summed E-state index contributed by atoms with van der Waals surface area (Å²) in [5.41, 5.74) is 2.01. The van der Waals surface area contributed by atoms with Gasteiger partial charge in [0, 0.05) is 11.8 Å². The molecule has 5 nitrogen and oxygen atoms in total. The first-order chi connectivity index (χ1) is 8.58. The average Bonchev–Trinajstić information content (AvgIpc) is 2.33. The van der Waals surface area contributed by atoms with Crippen LogP contribution >= 0.6 is 0 Å². The summed E-state index contributed by atoms with van der Waals surface area (Å²) in [6, 6.07) is 6.65. The molecule has 94 valence electrons. The van der Waals surface area contributed by atoms with Crippen LogP contribution in [0.5, 0.6) is 5.75 Å². The molecule has 5 heteroatoms. The summed E-state index contributed by atoms with van der Waals surface area (Å²) in [7, 11) is 0. The summed E-state index contributed by atoms with van der Waals surface area (Å²) in [4.78, 5) is 18.2. The second-order valence-corrected chi connectivity index (χ2v) is 4.08. The van der Waals surface area contributed by atoms with Crippen molar-refractivity contribution in [3.8, 4) is 5.75 Å². The van der Waals surface area contributed by atoms with Crippen LogP contribution in [0.1, 0.15) is 18.2 Å². The normalized spacial score (nSPS) is 10.3. The Hall–Kier alpha value is -2.30. The highest BCUT2D eigenvalue weighted by Gasteiger charge is 2.04. The van der Waals surface area contributed by atoms with Gasteiger partial charge in [-0.05, 0) is 31.0 Å². The zero-order chi connectivity index (χ0) is 13.1. The summed E-state index contributed by atoms with van der Waals surface area (Å²) < 4.78 is 0. The highest BCUT2D eigenvalue weighted by atomic mass is 16.3. The molecule has 2 aromatic rings. The molecule has 0 aliphatic carbocycles. The van der Waals surface area contributed by atoms with Crippen LogP contribution < -0.4 is 10.9 Å². The monoisotopic (exact) mass is 245 g/mol. The van der Waals surface area contributed by atoms with Crippen molar-refractivity contribution in [2.45, 2.75) is 20.3 Å². The number of aryl methyl sites for hydroxylation is 2. The Kier molecular flexibility index (Phi) is 3.32. The molecule has 0 radical (unpaired) electrons. The summed E-state index contributed by atoms with van der Waals surface area (Å²) >= 11 is 0. The standard InChI is InChI=1S/C13H15N3O2/c1-3-9-7-12(18)16-13(14-9)15-10-6-8(2)4-5-11(10)17/h4-7,17H,3H2,1-2H3,(H2,14,15,16,18). The number of aromatic hydroxyl groups is 1. The summed E-state index contributed by atoms with van der Waals surface area (Å²) in [6.45, 7) is 3.85. The van der Waals surface area contributed by atoms with E-state index in [1.54, 1.807) is 18.2 Å². The van der Waals surface area contributed by atoms with Gasteiger partial charge in [-0.25, -0.2) is 4.98 Å². The molecular formula is C13H15N3O2. The first-order valence-corrected chi connectivity index (χ1v) is 5.75. The number of nitrogens with one attached hydrogen (secondary N) is 2. The van der Waals surface area contributed by atoms with Gasteiger partial charge < -0.3 is 10.4 Å². The Labute approximate surface area is 105 Å². The van der Waals surface area contributed by atoms with Crippen molar-refractivity contribution in [2.24, 2.45) is 0 Å². The fraction of sp³-hybridized carbons (Fsp3) is 0.231. The minimum absolute atomic E-state index is 0.116. The van der Waals surface area contributed by atoms with Crippen molar-refractivity contribution >= 4 is 11.6 Å². The number of benzene rings is 1. The van der Waals surface area contributed by atoms with Crippen LogP contribution in [0, 0.1) is 6.92 Å². The van der Waals surface area contributed by atoms with Crippen molar-refractivity contribution < 1.29 is 5.11 Å². The van der Waals surface area contributed by atoms with Crippen molar-refractivity contribution in [2.75, 3.05) is 5.32 Å². The zero-order valence-corrected chi connectivity index (χ0v) is 10.3. The van der Waals surface area contributed by atoms with E-state index in [-0.39, 0.29) is 11.3 Å². The lowest BCUT2D eigenvalue weighted by molar-refractivity contribution is 0.477. The maximum Gasteiger partial charge on any atom is 0.252 e. The van der Waals surface area contributed by atoms with Gasteiger partial charge >= 0.3 is 0 Å². The van der Waals surface area contributed by atoms with Gasteiger partial charge in [0.15, 0.2) is 0 Å². The zero-order valence-electron chi connectivity index (χ0n) is 10.3. The minimum atomic E-state index is -0.212. The number of phenols is 1. The van der Waals surface area contributed by atoms with Gasteiger partial charge in [-0.2, -0.15) is 0 Å². The molecule has 0 amide bonds. The number of hydrogen-bond acceptors (Lipinski definition) is 4. The van der Waals surface area contributed by atoms with E-state index < -0.39 is 0 Å². The van der Waals surface area contributed by atoms with Crippen LogP contribution in [0.2, 0.25) is 0 Å². The predicted octanol–water partition coefficient (Wildman–Crippen LogP) is 2.09. The number of H-pyrrole nitrogens is 1. The van der Waals surface area contributed by atoms with Gasteiger partial charge in [0.25, 0.3) is 5.56 Å². The highest BCUT2D eigenvalue weighted by Crippen LogP contribution is 2.25. The molecule has 0 aliphatic heterocycles. The van der Waals surface area contributed by atoms with Crippen molar-refractivity contribution in [1.29, 1.82) is 0 Å². The lowest BCUT2D eigenvalue weighted by Crippen LogP contribution is -2.11. The van der Waals surface area contributed by atoms with Gasteiger partial charge in [0.1, 0.15) is 5.75 Å². The van der Waals surface area contributed by atoms with Gasteiger partial charge in [-0.3, -0.25) is 9.78 Å². The molecule has 1 heterocycles. The van der Waals surface area contributed by atoms with E-state index >= 15 is 0 Å². The summed E-state index contributed by atoms with van der Waals surface area (Å²) in [6.07, 6.45) is 0.679. The predicted molar refractivity (Wildman–Crippen MR) is 70.4 cm³/mol. The van der Waals surface area contributed by atoms with Crippen LogP contribution in [0.25, 0.3) is 0 Å². The second kappa shape index (κ2) is 4.91. The largest absolute Gasteiger partial charge is 0.506 e. The Bertz CT molecular complexity index is 620. The molecule has 0 spiro atoms. The smallest absolute Gasteiger partial charge is 0.252 e. The van der Waals surface area contributed by atoms with E-state index in [0.29, 0.717) is 23.8 Å². The van der Waals surface area contributed by atoms with Gasteiger partial charge in [-0.15, -0.1) is 0 Å². The third kappa shape index (κ3) is 2.68. The Balaban J connectivity index is 2.36. The van der Waals surface area contributed by atoms with Crippen LogP contribution in [0.15, 0.2) is 29.1 Å². The topological polar surface area (TPSA) is 78.0 Å². The van der Waals surface area contributed by atoms with E-state index in [1.807, 2.05) is 13.8 Å². The summed E-state index contributed by atoms with van der Waals surface area (Å²) in [5, 5.41) is 12.6. The Morgan fingerprint density at radius 1 is 1.39 bits per heavy atom. The molecule has 3 N–H and O–H groups in total. The minimum Gasteiger partial charge on any atom is -0.506 e. The maximum absolute atomic E-state index is 11.4. The third-order valence-electron chi connectivity index (χ3n) is 2.56. The number of phenolic OH excluding ortho intramolecular Hbond substituents is 1. The van der Waals surface area contributed by atoms with Crippen LogP contribution in [0.3, 0.4) is 0 Å². The fourth-order valence-corrected chi connectivity index (χ4v) is 1.63. The first kappa shape index (κ1) is 12.2. The molecule has 1 aromatic heterocycles. The van der Waals surface area contributed by atoms with Gasteiger partial charge in [-0.1, -0.05) is 13.0 Å². The summed E-state index contributed by atoms with van der Waals surface area (Å²) in [5.74, 6) is 0.449. The molecule has 0 aliphatic rings. The number of nitrogens with zero attached hydrogens (tertiary/aromatic N) is 1. The molecule has 0 unspecified atom stereocenters. The van der Waals surface area contributed by atoms with E-state index in [0.717, 1.165) is 5.56 Å². The van der Waals surface area contributed by atoms with E-state index in [4.69, 9.17) is 0 Å². The number of hydrogen-bond donors (Lipinski definition) is 3. The van der Waals surface area contributed by atoms with Crippen molar-refractivity contribution in [3.05, 3.63) is 45.9 Å². The number of rotatable bonds is 3. The second-order valence-electron chi connectivity index (χ2n) is 4.08. The van der Waals surface area contributed by atoms with Crippen molar-refractivity contribution in [3.63, 3.8) is 0 Å². The van der Waals surface area contributed by atoms with Crippen molar-refractivity contribution in [1.82, 2.24) is 9.97 Å². The number of aromatic nitrogens is 2. The van der Waals surface area contributed by atoms with Gasteiger partial charge in [0.05, 0.1) is 5.69 Å². The van der Waals surface area contributed by atoms with Crippen LogP contribution in [-0.4, -0.2) is 15.1 Å². The SMILES string of the molecule is CCc1cc(=O)[nH]c(Nc2cc(C)ccc2O)n1. The molecule has 0 saturated carbocycles. The molecular weight excluding hydrogens is 230 g/mol. The molecule has 0 saturated heterocycles. The van der Waals surface area contributed by atoms with Gasteiger partial charge in [0.2, 0.25) is 5.95 Å². The molecule has 0 atom stereocenters. The highest BCUT2D eigenvalue weighted by molar-refractivity contribution is 5.62.